The number of rotatable bonds is 1. The van der Waals surface area contributed by atoms with Gasteiger partial charge in [-0.25, -0.2) is 4.98 Å². The maximum absolute atomic E-state index is 13.0. The number of carbonyl (C=O) groups excluding carboxylic acids is 2. The molecule has 1 saturated carbocycles. The highest BCUT2D eigenvalue weighted by Gasteiger charge is 2.54. The van der Waals surface area contributed by atoms with E-state index in [2.05, 4.69) is 51.6 Å². The van der Waals surface area contributed by atoms with Gasteiger partial charge < -0.3 is 108 Å². The molecular weight excluding hydrogens is 967 g/mol. The number of nitrogens with two attached hydrogens (primary N) is 4. The van der Waals surface area contributed by atoms with Crippen LogP contribution in [0.25, 0.3) is 21.8 Å². The topological polar surface area (TPSA) is 396 Å². The number of ether oxygens (including phenoxy) is 6. The Labute approximate surface area is 429 Å². The summed E-state index contributed by atoms with van der Waals surface area (Å²) in [6, 6.07) is 10.1. The standard InChI is InChI=1S/C50H77N9O15/c51-28-18-29(52)45-47(39(28)63)74-50-44(68)46(34(23-60)71-50)73-49-38(54)43(67)41(65)33(70-49)22-58-36(62)8-4-2-6-14-56-20-25-10-12-31-27(16-25)17-26-15-24(9-11-30(26)59-31)19-55-13-5-1-3-7-35(61)57-21-32-40(64)42(66)37(53)48(69-32)72-45/h9-12,15-17,28-29,32-34,37-50,55-56,60,63-68H,1-8,13-14,18-23,51-54H2,(H,57,61)(H,58,62)/t28-,29+,32-,33+,34-,37-,38-,39+,40-,41-,42-,43-,44-,45-,46-,47-,48-,49-,50+/m1/s1. The Hall–Kier alpha value is -3.71. The first-order chi connectivity index (χ1) is 35.6. The lowest BCUT2D eigenvalue weighted by Gasteiger charge is -2.47. The molecule has 0 unspecified atom stereocenters. The van der Waals surface area contributed by atoms with Crippen molar-refractivity contribution >= 4 is 33.6 Å². The molecule has 19 N–H and O–H groups in total. The average molecular weight is 1040 g/mol. The van der Waals surface area contributed by atoms with Crippen LogP contribution < -0.4 is 44.2 Å². The molecule has 4 aliphatic heterocycles. The van der Waals surface area contributed by atoms with Crippen molar-refractivity contribution in [2.45, 2.75) is 187 Å². The van der Waals surface area contributed by atoms with E-state index in [1.807, 2.05) is 12.1 Å². The zero-order valence-corrected chi connectivity index (χ0v) is 41.5. The maximum atomic E-state index is 13.0. The zero-order chi connectivity index (χ0) is 52.6. The van der Waals surface area contributed by atoms with Crippen molar-refractivity contribution in [1.82, 2.24) is 26.3 Å². The summed E-state index contributed by atoms with van der Waals surface area (Å²) in [5.74, 6) is -0.582. The Morgan fingerprint density at radius 1 is 0.527 bits per heavy atom. The van der Waals surface area contributed by atoms with Crippen molar-refractivity contribution < 1.29 is 73.8 Å². The van der Waals surface area contributed by atoms with Gasteiger partial charge in [-0.1, -0.05) is 25.0 Å². The molecular formula is C50H77N9O15. The molecule has 24 heteroatoms. The Morgan fingerprint density at radius 2 is 1.03 bits per heavy atom. The van der Waals surface area contributed by atoms with Crippen LogP contribution in [0.2, 0.25) is 0 Å². The van der Waals surface area contributed by atoms with E-state index >= 15 is 0 Å². The lowest BCUT2D eigenvalue weighted by Crippen LogP contribution is -2.68. The number of hydrogen-bond acceptors (Lipinski definition) is 22. The highest BCUT2D eigenvalue weighted by molar-refractivity contribution is 5.93. The molecule has 2 aromatic carbocycles. The molecule has 19 atom stereocenters. The van der Waals surface area contributed by atoms with Crippen molar-refractivity contribution in [1.29, 1.82) is 0 Å². The van der Waals surface area contributed by atoms with Gasteiger partial charge in [-0.2, -0.15) is 0 Å². The van der Waals surface area contributed by atoms with Gasteiger partial charge >= 0.3 is 0 Å². The number of nitrogens with zero attached hydrogens (tertiary/aromatic N) is 1. The summed E-state index contributed by atoms with van der Waals surface area (Å²) in [5, 5.41) is 91.8. The van der Waals surface area contributed by atoms with Gasteiger partial charge in [0.2, 0.25) is 11.8 Å². The Morgan fingerprint density at radius 3 is 1.54 bits per heavy atom. The fraction of sp³-hybridized carbons (Fsp3) is 0.700. The first kappa shape index (κ1) is 56.5. The second-order valence-electron chi connectivity index (χ2n) is 20.4. The molecule has 2 amide bonds. The molecule has 3 saturated heterocycles. The minimum atomic E-state index is -1.71. The van der Waals surface area contributed by atoms with Crippen molar-refractivity contribution in [2.24, 2.45) is 22.9 Å². The van der Waals surface area contributed by atoms with Crippen LogP contribution in [0.1, 0.15) is 68.9 Å². The maximum Gasteiger partial charge on any atom is 0.220 e. The summed E-state index contributed by atoms with van der Waals surface area (Å²) in [5.41, 5.74) is 29.4. The third-order valence-corrected chi connectivity index (χ3v) is 14.8. The molecule has 1 aromatic heterocycles. The van der Waals surface area contributed by atoms with Crippen LogP contribution in [0.5, 0.6) is 0 Å². The largest absolute Gasteiger partial charge is 0.394 e. The summed E-state index contributed by atoms with van der Waals surface area (Å²) in [4.78, 5) is 30.7. The predicted octanol–water partition coefficient (Wildman–Crippen LogP) is -3.87. The number of aliphatic hydroxyl groups excluding tert-OH is 7. The molecule has 0 spiro atoms. The van der Waals surface area contributed by atoms with Gasteiger partial charge in [0.1, 0.15) is 67.1 Å². The minimum Gasteiger partial charge on any atom is -0.394 e. The number of fused-ring (bicyclic) bond motifs is 9. The summed E-state index contributed by atoms with van der Waals surface area (Å²) in [7, 11) is 0. The number of amides is 2. The number of carbonyl (C=O) groups is 2. The summed E-state index contributed by atoms with van der Waals surface area (Å²) in [6.45, 7) is 1.71. The van der Waals surface area contributed by atoms with Gasteiger partial charge in [-0.15, -0.1) is 0 Å². The molecule has 74 heavy (non-hydrogen) atoms. The first-order valence-electron chi connectivity index (χ1n) is 26.0. The van der Waals surface area contributed by atoms with Gasteiger partial charge in [0, 0.05) is 61.9 Å². The van der Waals surface area contributed by atoms with E-state index in [-0.39, 0.29) is 44.2 Å². The number of aliphatic hydroxyl groups is 7. The number of nitrogens with one attached hydrogen (secondary N) is 4. The van der Waals surface area contributed by atoms with E-state index in [4.69, 9.17) is 56.3 Å². The molecule has 1 aliphatic carbocycles. The summed E-state index contributed by atoms with van der Waals surface area (Å²) < 4.78 is 36.3. The van der Waals surface area contributed by atoms with Crippen LogP contribution in [0.15, 0.2) is 42.5 Å². The van der Waals surface area contributed by atoms with Gasteiger partial charge in [0.05, 0.1) is 35.8 Å². The number of pyridine rings is 1. The normalized spacial score (nSPS) is 39.6. The lowest BCUT2D eigenvalue weighted by molar-refractivity contribution is -0.307. The van der Waals surface area contributed by atoms with Crippen LogP contribution in [0.3, 0.4) is 0 Å². The molecule has 10 bridgehead atoms. The third-order valence-electron chi connectivity index (χ3n) is 14.8. The third kappa shape index (κ3) is 13.7. The molecule has 8 rings (SSSR count). The summed E-state index contributed by atoms with van der Waals surface area (Å²) in [6.07, 6.45) is -16.8. The Balaban J connectivity index is 0.939. The van der Waals surface area contributed by atoms with E-state index in [0.29, 0.717) is 25.9 Å². The fourth-order valence-electron chi connectivity index (χ4n) is 10.3. The van der Waals surface area contributed by atoms with Gasteiger partial charge in [0.15, 0.2) is 18.9 Å². The lowest BCUT2D eigenvalue weighted by atomic mass is 9.84. The van der Waals surface area contributed by atoms with Crippen LogP contribution in [-0.2, 0) is 51.1 Å². The van der Waals surface area contributed by atoms with Gasteiger partial charge in [-0.05, 0) is 86.7 Å². The quantitative estimate of drug-likeness (QED) is 0.104. The smallest absolute Gasteiger partial charge is 0.220 e. The van der Waals surface area contributed by atoms with E-state index in [1.54, 1.807) is 0 Å². The molecule has 5 heterocycles. The molecule has 24 nitrogen and oxygen atoms in total. The van der Waals surface area contributed by atoms with Crippen LogP contribution in [0.4, 0.5) is 0 Å². The van der Waals surface area contributed by atoms with E-state index in [9.17, 15) is 45.3 Å². The monoisotopic (exact) mass is 1040 g/mol. The van der Waals surface area contributed by atoms with Gasteiger partial charge in [0.25, 0.3) is 0 Å². The van der Waals surface area contributed by atoms with Crippen molar-refractivity contribution in [3.8, 4) is 0 Å². The van der Waals surface area contributed by atoms with Crippen molar-refractivity contribution in [2.75, 3.05) is 32.8 Å². The SMILES string of the molecule is N[C@H]1[C@H]2O[C@H]3[C@@H](O)[C@H](O[C@@H]4[C@@H](O)[C@H](N)C[C@H](N)[C@H]4O[C@H]4O[C@H](CNC(=O)CCCCCNCc5ccc6nc7ccc(cc7cc6c5)CNCCCCCC(=O)NC[C@H](O2)[C@@H](O)[C@@H]1O)[C@@H](O)[C@H](O)[C@H]4N)O[C@@H]3CO. The zero-order valence-electron chi connectivity index (χ0n) is 41.5. The predicted molar refractivity (Wildman–Crippen MR) is 266 cm³/mol. The number of aromatic nitrogens is 1. The molecule has 412 valence electrons. The van der Waals surface area contributed by atoms with Crippen LogP contribution in [0, 0.1) is 0 Å². The average Bonchev–Trinajstić information content (AvgIpc) is 3.68. The van der Waals surface area contributed by atoms with Gasteiger partial charge in [-0.3, -0.25) is 9.59 Å². The van der Waals surface area contributed by atoms with E-state index in [0.717, 1.165) is 71.7 Å². The van der Waals surface area contributed by atoms with E-state index in [1.165, 1.54) is 0 Å². The highest BCUT2D eigenvalue weighted by atomic mass is 16.8. The molecule has 0 radical (unpaired) electrons. The number of benzene rings is 2. The highest BCUT2D eigenvalue weighted by Crippen LogP contribution is 2.35. The molecule has 4 fully saturated rings. The Kier molecular flexibility index (Phi) is 19.9. The fourth-order valence-corrected chi connectivity index (χ4v) is 10.3. The number of hydrogen-bond donors (Lipinski definition) is 15. The molecule has 5 aliphatic rings. The second-order valence-corrected chi connectivity index (χ2v) is 20.4. The molecule has 3 aromatic rings. The van der Waals surface area contributed by atoms with Crippen LogP contribution >= 0.6 is 0 Å². The van der Waals surface area contributed by atoms with Crippen molar-refractivity contribution in [3.63, 3.8) is 0 Å². The first-order valence-corrected chi connectivity index (χ1v) is 26.0. The van der Waals surface area contributed by atoms with Crippen LogP contribution in [-0.4, -0.2) is 202 Å². The Bertz CT molecular complexity index is 2310. The second kappa shape index (κ2) is 26.1. The van der Waals surface area contributed by atoms with Crippen molar-refractivity contribution in [3.05, 3.63) is 53.6 Å². The summed E-state index contributed by atoms with van der Waals surface area (Å²) >= 11 is 0. The minimum absolute atomic E-state index is 0.0263. The van der Waals surface area contributed by atoms with E-state index < -0.39 is 123 Å².